The predicted molar refractivity (Wildman–Crippen MR) is 113 cm³/mol. The fourth-order valence-corrected chi connectivity index (χ4v) is 3.51. The number of amides is 1. The van der Waals surface area contributed by atoms with Crippen molar-refractivity contribution in [3.8, 4) is 0 Å². The number of hydrogen-bond acceptors (Lipinski definition) is 6. The van der Waals surface area contributed by atoms with Crippen molar-refractivity contribution >= 4 is 34.8 Å². The third-order valence-electron chi connectivity index (χ3n) is 4.10. The van der Waals surface area contributed by atoms with E-state index >= 15 is 0 Å². The highest BCUT2D eigenvalue weighted by molar-refractivity contribution is 7.11. The topological polar surface area (TPSA) is 110 Å². The number of anilines is 2. The molecular weight excluding hydrogens is 380 g/mol. The standard InChI is InChI=1S/C19H26N4O4S/c1-12(2)11-23-17(20)16(18(25)21-19(23)26)22(8-9-27-4)15(24)6-5-14-13(3)7-10-28-14/h5-7,10,12H,8-9,11,20H2,1-4H3,(H,21,25,26)/b6-5+. The van der Waals surface area contributed by atoms with Crippen LogP contribution in [0.25, 0.3) is 6.08 Å². The van der Waals surface area contributed by atoms with Crippen molar-refractivity contribution < 1.29 is 9.53 Å². The number of hydrogen-bond donors (Lipinski definition) is 2. The number of carbonyl (C=O) groups is 1. The summed E-state index contributed by atoms with van der Waals surface area (Å²) in [6.07, 6.45) is 3.10. The van der Waals surface area contributed by atoms with Crippen molar-refractivity contribution in [3.05, 3.63) is 48.8 Å². The Labute approximate surface area is 167 Å². The first-order valence-corrected chi connectivity index (χ1v) is 9.79. The Kier molecular flexibility index (Phi) is 7.36. The summed E-state index contributed by atoms with van der Waals surface area (Å²) in [6, 6.07) is 1.96. The number of aromatic amines is 1. The minimum absolute atomic E-state index is 0.0346. The molecule has 0 aliphatic carbocycles. The molecule has 152 valence electrons. The highest BCUT2D eigenvalue weighted by Crippen LogP contribution is 2.20. The van der Waals surface area contributed by atoms with Gasteiger partial charge in [-0.15, -0.1) is 11.3 Å². The van der Waals surface area contributed by atoms with Crippen LogP contribution in [-0.4, -0.2) is 35.7 Å². The molecule has 1 amide bonds. The molecule has 28 heavy (non-hydrogen) atoms. The molecule has 0 aliphatic rings. The van der Waals surface area contributed by atoms with E-state index in [0.717, 1.165) is 10.4 Å². The average Bonchev–Trinajstić information content (AvgIpc) is 3.04. The predicted octanol–water partition coefficient (Wildman–Crippen LogP) is 1.84. The molecule has 2 heterocycles. The number of methoxy groups -OCH3 is 1. The Morgan fingerprint density at radius 1 is 1.43 bits per heavy atom. The van der Waals surface area contributed by atoms with Gasteiger partial charge in [0.2, 0.25) is 0 Å². The lowest BCUT2D eigenvalue weighted by Crippen LogP contribution is -2.42. The molecule has 9 heteroatoms. The third-order valence-corrected chi connectivity index (χ3v) is 5.08. The Hall–Kier alpha value is -2.65. The van der Waals surface area contributed by atoms with E-state index in [2.05, 4.69) is 4.98 Å². The Bertz CT molecular complexity index is 971. The van der Waals surface area contributed by atoms with Gasteiger partial charge in [0, 0.05) is 31.2 Å². The fourth-order valence-electron chi connectivity index (χ4n) is 2.69. The van der Waals surface area contributed by atoms with Crippen LogP contribution in [0.5, 0.6) is 0 Å². The van der Waals surface area contributed by atoms with Crippen LogP contribution >= 0.6 is 11.3 Å². The number of carbonyl (C=O) groups excluding carboxylic acids is 1. The van der Waals surface area contributed by atoms with Crippen LogP contribution in [0.3, 0.4) is 0 Å². The molecule has 0 spiro atoms. The molecule has 0 unspecified atom stereocenters. The zero-order chi connectivity index (χ0) is 20.8. The number of nitrogen functional groups attached to an aromatic ring is 1. The van der Waals surface area contributed by atoms with Crippen LogP contribution in [0.2, 0.25) is 0 Å². The first-order valence-electron chi connectivity index (χ1n) is 8.91. The summed E-state index contributed by atoms with van der Waals surface area (Å²) in [4.78, 5) is 42.0. The number of aryl methyl sites for hydroxylation is 1. The number of rotatable bonds is 8. The molecule has 2 rings (SSSR count). The number of ether oxygens (including phenoxy) is 1. The van der Waals surface area contributed by atoms with Gasteiger partial charge in [-0.05, 0) is 35.9 Å². The maximum Gasteiger partial charge on any atom is 0.330 e. The minimum Gasteiger partial charge on any atom is -0.383 e. The molecule has 2 aromatic heterocycles. The first kappa shape index (κ1) is 21.6. The largest absolute Gasteiger partial charge is 0.383 e. The van der Waals surface area contributed by atoms with Gasteiger partial charge in [-0.25, -0.2) is 4.79 Å². The Balaban J connectivity index is 2.49. The van der Waals surface area contributed by atoms with Gasteiger partial charge >= 0.3 is 5.69 Å². The number of thiophene rings is 1. The quantitative estimate of drug-likeness (QED) is 0.650. The summed E-state index contributed by atoms with van der Waals surface area (Å²) in [5.41, 5.74) is 5.86. The van der Waals surface area contributed by atoms with Crippen molar-refractivity contribution in [2.45, 2.75) is 27.3 Å². The van der Waals surface area contributed by atoms with Gasteiger partial charge < -0.3 is 10.5 Å². The van der Waals surface area contributed by atoms with Crippen molar-refractivity contribution in [2.24, 2.45) is 5.92 Å². The molecule has 0 radical (unpaired) electrons. The molecule has 0 atom stereocenters. The molecule has 0 saturated heterocycles. The normalized spacial score (nSPS) is 11.5. The van der Waals surface area contributed by atoms with E-state index in [1.165, 1.54) is 34.0 Å². The molecule has 0 saturated carbocycles. The van der Waals surface area contributed by atoms with Gasteiger partial charge in [-0.1, -0.05) is 13.8 Å². The van der Waals surface area contributed by atoms with E-state index in [9.17, 15) is 14.4 Å². The van der Waals surface area contributed by atoms with E-state index in [1.807, 2.05) is 32.2 Å². The highest BCUT2D eigenvalue weighted by Gasteiger charge is 2.23. The summed E-state index contributed by atoms with van der Waals surface area (Å²) < 4.78 is 6.35. The smallest absolute Gasteiger partial charge is 0.330 e. The van der Waals surface area contributed by atoms with Gasteiger partial charge in [-0.2, -0.15) is 0 Å². The van der Waals surface area contributed by atoms with Crippen LogP contribution in [0, 0.1) is 12.8 Å². The van der Waals surface area contributed by atoms with Crippen LogP contribution in [0.1, 0.15) is 24.3 Å². The van der Waals surface area contributed by atoms with Gasteiger partial charge in [-0.3, -0.25) is 24.0 Å². The molecule has 0 aliphatic heterocycles. The maximum atomic E-state index is 12.9. The van der Waals surface area contributed by atoms with E-state index in [-0.39, 0.29) is 30.6 Å². The second kappa shape index (κ2) is 9.52. The van der Waals surface area contributed by atoms with E-state index in [0.29, 0.717) is 6.54 Å². The molecule has 0 bridgehead atoms. The van der Waals surface area contributed by atoms with Gasteiger partial charge in [0.25, 0.3) is 11.5 Å². The summed E-state index contributed by atoms with van der Waals surface area (Å²) >= 11 is 1.51. The van der Waals surface area contributed by atoms with Crippen molar-refractivity contribution in [1.82, 2.24) is 9.55 Å². The lowest BCUT2D eigenvalue weighted by atomic mass is 10.2. The van der Waals surface area contributed by atoms with E-state index < -0.39 is 17.2 Å². The highest BCUT2D eigenvalue weighted by atomic mass is 32.1. The van der Waals surface area contributed by atoms with Gasteiger partial charge in [0.15, 0.2) is 5.69 Å². The summed E-state index contributed by atoms with van der Waals surface area (Å²) in [7, 11) is 1.50. The zero-order valence-corrected chi connectivity index (χ0v) is 17.3. The zero-order valence-electron chi connectivity index (χ0n) is 16.5. The number of nitrogens with one attached hydrogen (secondary N) is 1. The minimum atomic E-state index is -0.701. The number of nitrogens with two attached hydrogens (primary N) is 1. The van der Waals surface area contributed by atoms with Gasteiger partial charge in [0.05, 0.1) is 6.61 Å². The lowest BCUT2D eigenvalue weighted by Gasteiger charge is -2.23. The van der Waals surface area contributed by atoms with Crippen molar-refractivity contribution in [1.29, 1.82) is 0 Å². The molecule has 8 nitrogen and oxygen atoms in total. The van der Waals surface area contributed by atoms with Crippen LogP contribution in [-0.2, 0) is 16.1 Å². The Morgan fingerprint density at radius 3 is 2.71 bits per heavy atom. The van der Waals surface area contributed by atoms with E-state index in [4.69, 9.17) is 10.5 Å². The molecule has 2 aromatic rings. The van der Waals surface area contributed by atoms with Crippen LogP contribution < -0.4 is 21.9 Å². The lowest BCUT2D eigenvalue weighted by molar-refractivity contribution is -0.114. The summed E-state index contributed by atoms with van der Waals surface area (Å²) in [6.45, 7) is 6.46. The van der Waals surface area contributed by atoms with Crippen molar-refractivity contribution in [3.63, 3.8) is 0 Å². The van der Waals surface area contributed by atoms with Gasteiger partial charge in [0.1, 0.15) is 5.82 Å². The number of H-pyrrole nitrogens is 1. The van der Waals surface area contributed by atoms with Crippen LogP contribution in [0.15, 0.2) is 27.1 Å². The fraction of sp³-hybridized carbons (Fsp3) is 0.421. The molecular formula is C19H26N4O4S. The monoisotopic (exact) mass is 406 g/mol. The van der Waals surface area contributed by atoms with E-state index in [1.54, 1.807) is 6.08 Å². The first-order chi connectivity index (χ1) is 13.3. The molecule has 3 N–H and O–H groups in total. The number of aromatic nitrogens is 2. The molecule has 0 fully saturated rings. The summed E-state index contributed by atoms with van der Waals surface area (Å²) in [5, 5.41) is 1.94. The third kappa shape index (κ3) is 4.99. The van der Waals surface area contributed by atoms with Crippen molar-refractivity contribution in [2.75, 3.05) is 30.9 Å². The second-order valence-corrected chi connectivity index (χ2v) is 7.73. The molecule has 0 aromatic carbocycles. The average molecular weight is 407 g/mol. The Morgan fingerprint density at radius 2 is 2.14 bits per heavy atom. The summed E-state index contributed by atoms with van der Waals surface area (Å²) in [5.74, 6) is -0.326. The van der Waals surface area contributed by atoms with Crippen LogP contribution in [0.4, 0.5) is 11.5 Å². The SMILES string of the molecule is COCCN(C(=O)/C=C/c1sccc1C)c1c(N)n(CC(C)C)c(=O)[nH]c1=O. The second-order valence-electron chi connectivity index (χ2n) is 6.78. The number of nitrogens with zero attached hydrogens (tertiary/aromatic N) is 2. The maximum absolute atomic E-state index is 12.9.